The summed E-state index contributed by atoms with van der Waals surface area (Å²) in [5.74, 6) is -6.33. The largest absolute Gasteiger partial charge is 0.451 e. The Bertz CT molecular complexity index is 1120. The van der Waals surface area contributed by atoms with Crippen molar-refractivity contribution in [3.05, 3.63) is 69.3 Å². The molecule has 10 nitrogen and oxygen atoms in total. The lowest BCUT2D eigenvalue weighted by Crippen LogP contribution is -2.38. The number of amides is 3. The summed E-state index contributed by atoms with van der Waals surface area (Å²) in [7, 11) is 0. The minimum atomic E-state index is -1.53. The minimum Gasteiger partial charge on any atom is -0.451 e. The van der Waals surface area contributed by atoms with Crippen LogP contribution in [0.15, 0.2) is 36.4 Å². The summed E-state index contributed by atoms with van der Waals surface area (Å²) in [4.78, 5) is 59.7. The molecule has 0 saturated carbocycles. The average molecular weight is 433 g/mol. The van der Waals surface area contributed by atoms with E-state index in [2.05, 4.69) is 0 Å². The van der Waals surface area contributed by atoms with E-state index >= 15 is 0 Å². The number of nitrogens with one attached hydrogen (secondary N) is 1. The molecule has 3 amide bonds. The molecule has 160 valence electrons. The Labute approximate surface area is 172 Å². The monoisotopic (exact) mass is 433 g/mol. The van der Waals surface area contributed by atoms with E-state index in [4.69, 9.17) is 4.74 Å². The Kier molecular flexibility index (Phi) is 5.72. The summed E-state index contributed by atoms with van der Waals surface area (Å²) in [6.07, 6.45) is -1.53. The van der Waals surface area contributed by atoms with Gasteiger partial charge in [0.25, 0.3) is 23.4 Å². The van der Waals surface area contributed by atoms with Gasteiger partial charge in [-0.15, -0.1) is 0 Å². The number of halogens is 2. The molecule has 1 aliphatic heterocycles. The number of nitrogens with zero attached hydrogens (tertiary/aromatic N) is 2. The first-order chi connectivity index (χ1) is 14.6. The van der Waals surface area contributed by atoms with Crippen LogP contribution in [-0.2, 0) is 14.3 Å². The molecule has 1 N–H and O–H groups in total. The molecule has 12 heteroatoms. The number of hydrogen-bond donors (Lipinski definition) is 1. The number of carbonyl (C=O) groups excluding carboxylic acids is 4. The van der Waals surface area contributed by atoms with Gasteiger partial charge in [-0.3, -0.25) is 34.2 Å². The molecule has 1 aliphatic rings. The predicted octanol–water partition coefficient (Wildman–Crippen LogP) is 2.04. The first-order valence-corrected chi connectivity index (χ1v) is 8.69. The van der Waals surface area contributed by atoms with E-state index in [-0.39, 0.29) is 5.56 Å². The highest BCUT2D eigenvalue weighted by Gasteiger charge is 2.42. The van der Waals surface area contributed by atoms with Crippen LogP contribution in [0.1, 0.15) is 27.6 Å². The number of fused-ring (bicyclic) bond motifs is 1. The van der Waals surface area contributed by atoms with E-state index in [1.807, 2.05) is 5.32 Å². The summed E-state index contributed by atoms with van der Waals surface area (Å²) in [6, 6.07) is 6.38. The van der Waals surface area contributed by atoms with Crippen LogP contribution in [0.5, 0.6) is 0 Å². The summed E-state index contributed by atoms with van der Waals surface area (Å²) in [5.41, 5.74) is -2.02. The van der Waals surface area contributed by atoms with E-state index in [0.29, 0.717) is 4.90 Å². The Morgan fingerprint density at radius 2 is 1.74 bits per heavy atom. The number of carbonyl (C=O) groups is 4. The van der Waals surface area contributed by atoms with E-state index in [9.17, 15) is 38.1 Å². The first kappa shape index (κ1) is 21.5. The Morgan fingerprint density at radius 1 is 1.13 bits per heavy atom. The fraction of sp³-hybridized carbons (Fsp3) is 0.158. The molecule has 0 saturated heterocycles. The number of anilines is 1. The zero-order valence-electron chi connectivity index (χ0n) is 15.8. The molecule has 0 fully saturated rings. The lowest BCUT2D eigenvalue weighted by molar-refractivity contribution is -0.385. The van der Waals surface area contributed by atoms with Crippen molar-refractivity contribution in [1.29, 1.82) is 0 Å². The third-order valence-electron chi connectivity index (χ3n) is 4.35. The Hall–Kier alpha value is -4.22. The standard InChI is InChI=1S/C19H13F2N3O7/c1-9(17(26)22-16-11(20)5-3-6-12(16)21)31-14(25)8-23-18(27)10-4-2-7-13(24(29)30)15(10)19(23)28/h2-7,9H,8H2,1H3,(H,22,26). The summed E-state index contributed by atoms with van der Waals surface area (Å²) < 4.78 is 32.1. The maximum Gasteiger partial charge on any atom is 0.326 e. The van der Waals surface area contributed by atoms with Gasteiger partial charge in [0.05, 0.1) is 10.5 Å². The van der Waals surface area contributed by atoms with Crippen molar-refractivity contribution in [2.24, 2.45) is 0 Å². The van der Waals surface area contributed by atoms with Gasteiger partial charge >= 0.3 is 5.97 Å². The number of nitro benzene ring substituents is 1. The first-order valence-electron chi connectivity index (χ1n) is 8.69. The third-order valence-corrected chi connectivity index (χ3v) is 4.35. The molecule has 31 heavy (non-hydrogen) atoms. The number of benzene rings is 2. The minimum absolute atomic E-state index is 0.243. The van der Waals surface area contributed by atoms with Gasteiger partial charge in [0, 0.05) is 6.07 Å². The van der Waals surface area contributed by atoms with Crippen LogP contribution in [0.25, 0.3) is 0 Å². The van der Waals surface area contributed by atoms with E-state index < -0.39 is 69.8 Å². The van der Waals surface area contributed by atoms with Crippen molar-refractivity contribution in [3.63, 3.8) is 0 Å². The van der Waals surface area contributed by atoms with Gasteiger partial charge in [-0.25, -0.2) is 8.78 Å². The molecule has 2 aromatic rings. The molecule has 0 aliphatic carbocycles. The Balaban J connectivity index is 1.67. The maximum atomic E-state index is 13.6. The lowest BCUT2D eigenvalue weighted by Gasteiger charge is -2.17. The van der Waals surface area contributed by atoms with Crippen LogP contribution in [0, 0.1) is 21.7 Å². The number of para-hydroxylation sites is 1. The van der Waals surface area contributed by atoms with Gasteiger partial charge in [0.15, 0.2) is 6.10 Å². The van der Waals surface area contributed by atoms with Crippen LogP contribution in [0.2, 0.25) is 0 Å². The van der Waals surface area contributed by atoms with Crippen LogP contribution in [0.4, 0.5) is 20.2 Å². The SMILES string of the molecule is CC(OC(=O)CN1C(=O)c2cccc([N+](=O)[O-])c2C1=O)C(=O)Nc1c(F)cccc1F. The second-order valence-corrected chi connectivity index (χ2v) is 6.37. The highest BCUT2D eigenvalue weighted by molar-refractivity contribution is 6.24. The van der Waals surface area contributed by atoms with Crippen LogP contribution in [-0.4, -0.2) is 46.2 Å². The second kappa shape index (κ2) is 8.26. The highest BCUT2D eigenvalue weighted by Crippen LogP contribution is 2.30. The zero-order valence-corrected chi connectivity index (χ0v) is 15.8. The van der Waals surface area contributed by atoms with Gasteiger partial charge in [-0.1, -0.05) is 12.1 Å². The van der Waals surface area contributed by atoms with Crippen molar-refractivity contribution >= 4 is 35.1 Å². The third kappa shape index (κ3) is 4.08. The fourth-order valence-corrected chi connectivity index (χ4v) is 2.87. The Morgan fingerprint density at radius 3 is 2.35 bits per heavy atom. The fourth-order valence-electron chi connectivity index (χ4n) is 2.87. The molecule has 3 rings (SSSR count). The predicted molar refractivity (Wildman–Crippen MR) is 99.0 cm³/mol. The number of nitro groups is 1. The van der Waals surface area contributed by atoms with Crippen molar-refractivity contribution in [2.75, 3.05) is 11.9 Å². The zero-order chi connectivity index (χ0) is 22.9. The molecular weight excluding hydrogens is 420 g/mol. The van der Waals surface area contributed by atoms with E-state index in [1.54, 1.807) is 0 Å². The average Bonchev–Trinajstić information content (AvgIpc) is 2.95. The van der Waals surface area contributed by atoms with Crippen molar-refractivity contribution in [3.8, 4) is 0 Å². The van der Waals surface area contributed by atoms with E-state index in [1.165, 1.54) is 12.1 Å². The van der Waals surface area contributed by atoms with Crippen molar-refractivity contribution in [1.82, 2.24) is 4.90 Å². The molecule has 0 radical (unpaired) electrons. The molecule has 1 heterocycles. The molecule has 1 unspecified atom stereocenters. The van der Waals surface area contributed by atoms with Gasteiger partial charge in [0.1, 0.15) is 29.4 Å². The highest BCUT2D eigenvalue weighted by atomic mass is 19.1. The lowest BCUT2D eigenvalue weighted by atomic mass is 10.1. The summed E-state index contributed by atoms with van der Waals surface area (Å²) in [6.45, 7) is 0.189. The van der Waals surface area contributed by atoms with Crippen molar-refractivity contribution in [2.45, 2.75) is 13.0 Å². The van der Waals surface area contributed by atoms with Crippen LogP contribution in [0.3, 0.4) is 0 Å². The number of ether oxygens (including phenoxy) is 1. The smallest absolute Gasteiger partial charge is 0.326 e. The van der Waals surface area contributed by atoms with Gasteiger partial charge in [-0.05, 0) is 25.1 Å². The number of imide groups is 1. The molecule has 0 aromatic heterocycles. The molecule has 0 spiro atoms. The quantitative estimate of drug-likeness (QED) is 0.319. The van der Waals surface area contributed by atoms with Crippen molar-refractivity contribution < 1.29 is 37.6 Å². The van der Waals surface area contributed by atoms with E-state index in [0.717, 1.165) is 31.2 Å². The number of hydrogen-bond acceptors (Lipinski definition) is 7. The topological polar surface area (TPSA) is 136 Å². The number of esters is 1. The van der Waals surface area contributed by atoms with Crippen LogP contribution >= 0.6 is 0 Å². The second-order valence-electron chi connectivity index (χ2n) is 6.37. The van der Waals surface area contributed by atoms with Gasteiger partial charge < -0.3 is 10.1 Å². The number of rotatable bonds is 6. The normalized spacial score (nSPS) is 13.6. The molecule has 0 bridgehead atoms. The maximum absolute atomic E-state index is 13.6. The summed E-state index contributed by atoms with van der Waals surface area (Å²) in [5, 5.41) is 13.0. The molecule has 1 atom stereocenters. The molecule has 2 aromatic carbocycles. The summed E-state index contributed by atoms with van der Waals surface area (Å²) >= 11 is 0. The van der Waals surface area contributed by atoms with Crippen LogP contribution < -0.4 is 5.32 Å². The molecular formula is C19H13F2N3O7. The van der Waals surface area contributed by atoms with Gasteiger partial charge in [0.2, 0.25) is 0 Å². The van der Waals surface area contributed by atoms with Gasteiger partial charge in [-0.2, -0.15) is 0 Å².